The fraction of sp³-hybridized carbons (Fsp3) is 0.357. The molecule has 1 aromatic heterocycles. The van der Waals surface area contributed by atoms with Crippen LogP contribution in [0.2, 0.25) is 0 Å². The van der Waals surface area contributed by atoms with Crippen molar-refractivity contribution in [1.82, 2.24) is 15.0 Å². The molecule has 0 amide bonds. The van der Waals surface area contributed by atoms with Gasteiger partial charge in [0.25, 0.3) is 0 Å². The maximum Gasteiger partial charge on any atom is 0.422 e. The van der Waals surface area contributed by atoms with Crippen molar-refractivity contribution >= 4 is 5.95 Å². The molecule has 0 bridgehead atoms. The number of aromatic nitrogens is 3. The second-order valence-corrected chi connectivity index (χ2v) is 4.87. The molecule has 0 saturated carbocycles. The summed E-state index contributed by atoms with van der Waals surface area (Å²) in [5.74, 6) is -0.293. The van der Waals surface area contributed by atoms with Gasteiger partial charge in [-0.2, -0.15) is 36.3 Å². The maximum atomic E-state index is 12.2. The Morgan fingerprint density at radius 2 is 1.27 bits per heavy atom. The first kappa shape index (κ1) is 19.5. The second-order valence-electron chi connectivity index (χ2n) is 4.87. The minimum Gasteiger partial charge on any atom is -0.454 e. The SMILES string of the molecule is FC(F)(F)COc1nc(NCc2ccccc2)nc(OCC(F)(F)F)n1. The molecule has 0 saturated heterocycles. The fourth-order valence-electron chi connectivity index (χ4n) is 1.62. The van der Waals surface area contributed by atoms with Crippen LogP contribution in [0.5, 0.6) is 12.0 Å². The lowest BCUT2D eigenvalue weighted by Crippen LogP contribution is -2.22. The van der Waals surface area contributed by atoms with E-state index in [4.69, 9.17) is 0 Å². The number of hydrogen-bond donors (Lipinski definition) is 1. The minimum absolute atomic E-state index is 0.169. The molecule has 2 aromatic rings. The lowest BCUT2D eigenvalue weighted by atomic mass is 10.2. The van der Waals surface area contributed by atoms with Gasteiger partial charge in [-0.3, -0.25) is 0 Å². The summed E-state index contributed by atoms with van der Waals surface area (Å²) in [7, 11) is 0. The smallest absolute Gasteiger partial charge is 0.422 e. The predicted molar refractivity (Wildman–Crippen MR) is 76.7 cm³/mol. The van der Waals surface area contributed by atoms with Crippen LogP contribution >= 0.6 is 0 Å². The van der Waals surface area contributed by atoms with Gasteiger partial charge in [0, 0.05) is 6.54 Å². The van der Waals surface area contributed by atoms with Crippen LogP contribution in [0.4, 0.5) is 32.3 Å². The summed E-state index contributed by atoms with van der Waals surface area (Å²) < 4.78 is 82.0. The van der Waals surface area contributed by atoms with Crippen molar-refractivity contribution in [2.75, 3.05) is 18.5 Å². The van der Waals surface area contributed by atoms with Crippen molar-refractivity contribution in [1.29, 1.82) is 0 Å². The zero-order chi connectivity index (χ0) is 19.2. The summed E-state index contributed by atoms with van der Waals surface area (Å²) in [6.07, 6.45) is -9.34. The van der Waals surface area contributed by atoms with E-state index in [1.807, 2.05) is 0 Å². The quantitative estimate of drug-likeness (QED) is 0.741. The molecule has 0 aliphatic heterocycles. The lowest BCUT2D eigenvalue weighted by Gasteiger charge is -2.12. The summed E-state index contributed by atoms with van der Waals surface area (Å²) >= 11 is 0. The third kappa shape index (κ3) is 7.40. The molecule has 142 valence electrons. The number of nitrogens with zero attached hydrogens (tertiary/aromatic N) is 3. The first-order valence-electron chi connectivity index (χ1n) is 7.04. The summed E-state index contributed by atoms with van der Waals surface area (Å²) in [6.45, 7) is -3.26. The zero-order valence-electron chi connectivity index (χ0n) is 12.9. The Balaban J connectivity index is 2.13. The van der Waals surface area contributed by atoms with Gasteiger partial charge in [-0.05, 0) is 5.56 Å². The normalized spacial score (nSPS) is 11.9. The van der Waals surface area contributed by atoms with E-state index in [1.54, 1.807) is 30.3 Å². The topological polar surface area (TPSA) is 69.2 Å². The van der Waals surface area contributed by atoms with E-state index in [-0.39, 0.29) is 12.5 Å². The van der Waals surface area contributed by atoms with Crippen molar-refractivity contribution in [2.45, 2.75) is 18.9 Å². The van der Waals surface area contributed by atoms with E-state index >= 15 is 0 Å². The Morgan fingerprint density at radius 1 is 0.769 bits per heavy atom. The van der Waals surface area contributed by atoms with E-state index in [2.05, 4.69) is 29.7 Å². The lowest BCUT2D eigenvalue weighted by molar-refractivity contribution is -0.156. The van der Waals surface area contributed by atoms with Crippen LogP contribution < -0.4 is 14.8 Å². The van der Waals surface area contributed by atoms with Crippen LogP contribution in [-0.2, 0) is 6.54 Å². The van der Waals surface area contributed by atoms with Crippen molar-refractivity contribution in [3.63, 3.8) is 0 Å². The first-order chi connectivity index (χ1) is 12.1. The number of alkyl halides is 6. The highest BCUT2D eigenvalue weighted by Crippen LogP contribution is 2.20. The van der Waals surface area contributed by atoms with E-state index in [0.29, 0.717) is 0 Å². The standard InChI is InChI=1S/C14H12F6N4O2/c15-13(16,17)7-25-11-22-10(21-6-9-4-2-1-3-5-9)23-12(24-11)26-8-14(18,19)20/h1-5H,6-8H2,(H,21,22,23,24). The number of halogens is 6. The largest absolute Gasteiger partial charge is 0.454 e. The van der Waals surface area contributed by atoms with Gasteiger partial charge in [-0.25, -0.2) is 0 Å². The Bertz CT molecular complexity index is 673. The molecule has 2 rings (SSSR count). The van der Waals surface area contributed by atoms with Crippen molar-refractivity contribution < 1.29 is 35.8 Å². The summed E-state index contributed by atoms with van der Waals surface area (Å²) in [6, 6.07) is 7.14. The van der Waals surface area contributed by atoms with Crippen LogP contribution in [0.1, 0.15) is 5.56 Å². The number of hydrogen-bond acceptors (Lipinski definition) is 6. The van der Waals surface area contributed by atoms with E-state index in [9.17, 15) is 26.3 Å². The Kier molecular flexibility index (Phi) is 6.05. The van der Waals surface area contributed by atoms with Crippen LogP contribution in [-0.4, -0.2) is 40.5 Å². The number of nitrogens with one attached hydrogen (secondary N) is 1. The van der Waals surface area contributed by atoms with E-state index in [1.165, 1.54) is 0 Å². The molecular weight excluding hydrogens is 370 g/mol. The zero-order valence-corrected chi connectivity index (χ0v) is 12.9. The average Bonchev–Trinajstić information content (AvgIpc) is 2.56. The second kappa shape index (κ2) is 8.06. The molecule has 26 heavy (non-hydrogen) atoms. The monoisotopic (exact) mass is 382 g/mol. The molecule has 6 nitrogen and oxygen atoms in total. The third-order valence-corrected chi connectivity index (χ3v) is 2.62. The van der Waals surface area contributed by atoms with Gasteiger partial charge in [-0.15, -0.1) is 4.98 Å². The molecule has 0 radical (unpaired) electrons. The van der Waals surface area contributed by atoms with Gasteiger partial charge in [0.05, 0.1) is 0 Å². The number of ether oxygens (including phenoxy) is 2. The van der Waals surface area contributed by atoms with Crippen LogP contribution in [0.15, 0.2) is 30.3 Å². The highest BCUT2D eigenvalue weighted by molar-refractivity contribution is 5.30. The highest BCUT2D eigenvalue weighted by Gasteiger charge is 2.31. The van der Waals surface area contributed by atoms with E-state index < -0.39 is 37.6 Å². The van der Waals surface area contributed by atoms with Crippen molar-refractivity contribution in [2.24, 2.45) is 0 Å². The van der Waals surface area contributed by atoms with Gasteiger partial charge in [0.15, 0.2) is 13.2 Å². The van der Waals surface area contributed by atoms with Crippen molar-refractivity contribution in [3.05, 3.63) is 35.9 Å². The third-order valence-electron chi connectivity index (χ3n) is 2.62. The van der Waals surface area contributed by atoms with Gasteiger partial charge in [0.1, 0.15) is 0 Å². The van der Waals surface area contributed by atoms with Crippen LogP contribution in [0.3, 0.4) is 0 Å². The van der Waals surface area contributed by atoms with Crippen molar-refractivity contribution in [3.8, 4) is 12.0 Å². The molecule has 1 heterocycles. The predicted octanol–water partition coefficient (Wildman–Crippen LogP) is 3.37. The summed E-state index contributed by atoms with van der Waals surface area (Å²) in [4.78, 5) is 10.4. The highest BCUT2D eigenvalue weighted by atomic mass is 19.4. The molecule has 1 N–H and O–H groups in total. The first-order valence-corrected chi connectivity index (χ1v) is 7.04. The summed E-state index contributed by atoms with van der Waals surface area (Å²) in [5.41, 5.74) is 0.781. The molecule has 0 spiro atoms. The molecule has 0 aliphatic carbocycles. The molecular formula is C14H12F6N4O2. The molecule has 0 aliphatic rings. The Hall–Kier alpha value is -2.79. The van der Waals surface area contributed by atoms with Crippen LogP contribution in [0, 0.1) is 0 Å². The maximum absolute atomic E-state index is 12.2. The Morgan fingerprint density at radius 3 is 1.73 bits per heavy atom. The average molecular weight is 382 g/mol. The summed E-state index contributed by atoms with van der Waals surface area (Å²) in [5, 5.41) is 2.65. The number of rotatable bonds is 7. The van der Waals surface area contributed by atoms with Gasteiger partial charge in [-0.1, -0.05) is 30.3 Å². The van der Waals surface area contributed by atoms with Gasteiger partial charge >= 0.3 is 24.4 Å². The van der Waals surface area contributed by atoms with Gasteiger partial charge in [0.2, 0.25) is 5.95 Å². The molecule has 0 unspecified atom stereocenters. The van der Waals surface area contributed by atoms with E-state index in [0.717, 1.165) is 5.56 Å². The fourth-order valence-corrected chi connectivity index (χ4v) is 1.62. The Labute approximate surface area is 143 Å². The van der Waals surface area contributed by atoms with Gasteiger partial charge < -0.3 is 14.8 Å². The molecule has 1 aromatic carbocycles. The van der Waals surface area contributed by atoms with Crippen LogP contribution in [0.25, 0.3) is 0 Å². The molecule has 0 atom stereocenters. The molecule has 0 fully saturated rings. The molecule has 12 heteroatoms. The minimum atomic E-state index is -4.67. The number of anilines is 1. The number of benzene rings is 1.